The van der Waals surface area contributed by atoms with Crippen molar-refractivity contribution in [3.63, 3.8) is 0 Å². The molecule has 13 heavy (non-hydrogen) atoms. The van der Waals surface area contributed by atoms with Crippen LogP contribution in [0.1, 0.15) is 37.3 Å². The summed E-state index contributed by atoms with van der Waals surface area (Å²) in [5.41, 5.74) is 1.36. The number of benzene rings is 1. The predicted octanol–water partition coefficient (Wildman–Crippen LogP) is 3.37. The van der Waals surface area contributed by atoms with Crippen LogP contribution in [0.2, 0.25) is 0 Å². The van der Waals surface area contributed by atoms with Crippen molar-refractivity contribution in [2.45, 2.75) is 31.7 Å². The van der Waals surface area contributed by atoms with Crippen molar-refractivity contribution in [2.75, 3.05) is 0 Å². The van der Waals surface area contributed by atoms with Crippen LogP contribution in [0.15, 0.2) is 35.3 Å². The molecule has 1 aliphatic rings. The van der Waals surface area contributed by atoms with E-state index in [0.29, 0.717) is 6.04 Å². The molecule has 1 heterocycles. The molecule has 1 nitrogen and oxygen atoms in total. The average molecular weight is 173 g/mol. The number of aliphatic imine (C=N–C) groups is 1. The number of rotatable bonds is 1. The van der Waals surface area contributed by atoms with Crippen molar-refractivity contribution < 1.29 is 0 Å². The van der Waals surface area contributed by atoms with Gasteiger partial charge >= 0.3 is 0 Å². The molecule has 0 spiro atoms. The van der Waals surface area contributed by atoms with Gasteiger partial charge in [0, 0.05) is 0 Å². The van der Waals surface area contributed by atoms with Gasteiger partial charge in [-0.15, -0.1) is 0 Å². The first-order valence-electron chi connectivity index (χ1n) is 5.03. The maximum Gasteiger partial charge on any atom is 0.0745 e. The normalized spacial score (nSPS) is 22.6. The van der Waals surface area contributed by atoms with Crippen LogP contribution >= 0.6 is 0 Å². The van der Waals surface area contributed by atoms with Gasteiger partial charge in [-0.1, -0.05) is 36.8 Å². The fraction of sp³-hybridized carbons (Fsp3) is 0.417. The minimum Gasteiger partial charge on any atom is -0.289 e. The fourth-order valence-corrected chi connectivity index (χ4v) is 1.78. The lowest BCUT2D eigenvalue weighted by molar-refractivity contribution is 0.618. The molecule has 0 amide bonds. The largest absolute Gasteiger partial charge is 0.289 e. The van der Waals surface area contributed by atoms with E-state index in [2.05, 4.69) is 41.5 Å². The lowest BCUT2D eigenvalue weighted by atomic mass is 10.0. The van der Waals surface area contributed by atoms with Gasteiger partial charge in [-0.05, 0) is 31.0 Å². The Morgan fingerprint density at radius 3 is 2.77 bits per heavy atom. The van der Waals surface area contributed by atoms with Gasteiger partial charge in [0.25, 0.3) is 0 Å². The van der Waals surface area contributed by atoms with Crippen molar-refractivity contribution in [2.24, 2.45) is 4.99 Å². The quantitative estimate of drug-likeness (QED) is 0.617. The van der Waals surface area contributed by atoms with Crippen LogP contribution < -0.4 is 0 Å². The van der Waals surface area contributed by atoms with Crippen molar-refractivity contribution in [1.29, 1.82) is 0 Å². The van der Waals surface area contributed by atoms with Gasteiger partial charge < -0.3 is 0 Å². The third-order valence-corrected chi connectivity index (χ3v) is 2.53. The molecule has 1 aliphatic heterocycles. The first kappa shape index (κ1) is 8.49. The summed E-state index contributed by atoms with van der Waals surface area (Å²) in [4.78, 5) is 4.57. The Labute approximate surface area is 79.5 Å². The molecule has 0 aliphatic carbocycles. The number of nitrogens with zero attached hydrogens (tertiary/aromatic N) is 1. The van der Waals surface area contributed by atoms with Crippen LogP contribution in [0.25, 0.3) is 0 Å². The third kappa shape index (κ3) is 2.18. The zero-order chi connectivity index (χ0) is 8.93. The van der Waals surface area contributed by atoms with Crippen LogP contribution in [0.5, 0.6) is 0 Å². The Hall–Kier alpha value is -1.11. The van der Waals surface area contributed by atoms with Gasteiger partial charge in [0.2, 0.25) is 0 Å². The molecule has 1 unspecified atom stereocenters. The number of hydrogen-bond donors (Lipinski definition) is 0. The molecule has 0 N–H and O–H groups in total. The monoisotopic (exact) mass is 173 g/mol. The molecule has 1 aromatic rings. The van der Waals surface area contributed by atoms with Crippen LogP contribution in [0, 0.1) is 0 Å². The van der Waals surface area contributed by atoms with Gasteiger partial charge in [-0.2, -0.15) is 0 Å². The van der Waals surface area contributed by atoms with E-state index in [0.717, 1.165) is 6.42 Å². The highest BCUT2D eigenvalue weighted by Gasteiger charge is 2.09. The average Bonchev–Trinajstić information content (AvgIpc) is 2.47. The minimum atomic E-state index is 0.420. The molecule has 0 bridgehead atoms. The summed E-state index contributed by atoms with van der Waals surface area (Å²) in [6.07, 6.45) is 7.06. The molecule has 2 rings (SSSR count). The molecular formula is C12H15N. The van der Waals surface area contributed by atoms with E-state index in [-0.39, 0.29) is 0 Å². The summed E-state index contributed by atoms with van der Waals surface area (Å²) >= 11 is 0. The fourth-order valence-electron chi connectivity index (χ4n) is 1.78. The summed E-state index contributed by atoms with van der Waals surface area (Å²) in [5.74, 6) is 0. The van der Waals surface area contributed by atoms with Crippen molar-refractivity contribution in [3.8, 4) is 0 Å². The van der Waals surface area contributed by atoms with Crippen molar-refractivity contribution in [3.05, 3.63) is 35.9 Å². The third-order valence-electron chi connectivity index (χ3n) is 2.53. The van der Waals surface area contributed by atoms with Gasteiger partial charge in [0.05, 0.1) is 6.04 Å². The number of hydrogen-bond acceptors (Lipinski definition) is 1. The molecule has 0 saturated heterocycles. The maximum absolute atomic E-state index is 4.57. The zero-order valence-corrected chi connectivity index (χ0v) is 7.82. The molecule has 0 aromatic heterocycles. The van der Waals surface area contributed by atoms with Gasteiger partial charge in [-0.3, -0.25) is 4.99 Å². The van der Waals surface area contributed by atoms with E-state index in [1.807, 2.05) is 0 Å². The van der Waals surface area contributed by atoms with Crippen molar-refractivity contribution in [1.82, 2.24) is 0 Å². The van der Waals surface area contributed by atoms with Crippen LogP contribution in [-0.4, -0.2) is 6.21 Å². The summed E-state index contributed by atoms with van der Waals surface area (Å²) in [7, 11) is 0. The standard InChI is InChI=1S/C12H15N/c1-3-7-11(8-4-1)12-9-5-2-6-10-13-12/h1,3-4,7-8,10,12H,2,5-6,9H2. The lowest BCUT2D eigenvalue weighted by Crippen LogP contribution is -1.93. The van der Waals surface area contributed by atoms with E-state index < -0.39 is 0 Å². The molecular weight excluding hydrogens is 158 g/mol. The first-order chi connectivity index (χ1) is 6.47. The zero-order valence-electron chi connectivity index (χ0n) is 7.82. The summed E-state index contributed by atoms with van der Waals surface area (Å²) in [6.45, 7) is 0. The lowest BCUT2D eigenvalue weighted by Gasteiger charge is -2.09. The highest BCUT2D eigenvalue weighted by atomic mass is 14.8. The summed E-state index contributed by atoms with van der Waals surface area (Å²) in [5, 5.41) is 0. The second-order valence-electron chi connectivity index (χ2n) is 3.54. The predicted molar refractivity (Wildman–Crippen MR) is 56.1 cm³/mol. The highest BCUT2D eigenvalue weighted by Crippen LogP contribution is 2.25. The Morgan fingerprint density at radius 1 is 1.08 bits per heavy atom. The molecule has 68 valence electrons. The van der Waals surface area contributed by atoms with Crippen LogP contribution in [0.3, 0.4) is 0 Å². The van der Waals surface area contributed by atoms with Crippen molar-refractivity contribution >= 4 is 6.21 Å². The van der Waals surface area contributed by atoms with E-state index >= 15 is 0 Å². The van der Waals surface area contributed by atoms with Crippen LogP contribution in [0.4, 0.5) is 0 Å². The smallest absolute Gasteiger partial charge is 0.0745 e. The topological polar surface area (TPSA) is 12.4 Å². The Balaban J connectivity index is 2.15. The second-order valence-corrected chi connectivity index (χ2v) is 3.54. The van der Waals surface area contributed by atoms with Gasteiger partial charge in [-0.25, -0.2) is 0 Å². The van der Waals surface area contributed by atoms with E-state index in [1.165, 1.54) is 24.8 Å². The van der Waals surface area contributed by atoms with E-state index in [9.17, 15) is 0 Å². The molecule has 1 heteroatoms. The van der Waals surface area contributed by atoms with E-state index in [1.54, 1.807) is 0 Å². The van der Waals surface area contributed by atoms with E-state index in [4.69, 9.17) is 0 Å². The second kappa shape index (κ2) is 4.22. The molecule has 1 aromatic carbocycles. The molecule has 0 fully saturated rings. The maximum atomic E-state index is 4.57. The Morgan fingerprint density at radius 2 is 1.92 bits per heavy atom. The van der Waals surface area contributed by atoms with Gasteiger partial charge in [0.15, 0.2) is 0 Å². The first-order valence-corrected chi connectivity index (χ1v) is 5.03. The molecule has 1 atom stereocenters. The SMILES string of the molecule is C1=NC(c2ccccc2)CCCC1. The van der Waals surface area contributed by atoms with Crippen LogP contribution in [-0.2, 0) is 0 Å². The Bertz CT molecular complexity index is 276. The summed E-state index contributed by atoms with van der Waals surface area (Å²) in [6, 6.07) is 11.0. The summed E-state index contributed by atoms with van der Waals surface area (Å²) < 4.78 is 0. The Kier molecular flexibility index (Phi) is 2.75. The molecule has 0 radical (unpaired) electrons. The highest BCUT2D eigenvalue weighted by molar-refractivity contribution is 5.58. The van der Waals surface area contributed by atoms with Gasteiger partial charge in [0.1, 0.15) is 0 Å². The molecule has 0 saturated carbocycles. The minimum absolute atomic E-state index is 0.420.